The van der Waals surface area contributed by atoms with Gasteiger partial charge in [-0.05, 0) is 48.9 Å². The number of pyridine rings is 1. The van der Waals surface area contributed by atoms with E-state index in [2.05, 4.69) is 48.4 Å². The van der Waals surface area contributed by atoms with E-state index in [1.165, 1.54) is 23.8 Å². The maximum atomic E-state index is 4.48. The Morgan fingerprint density at radius 3 is 2.95 bits per heavy atom. The largest absolute Gasteiger partial charge is 0.310 e. The highest BCUT2D eigenvalue weighted by molar-refractivity contribution is 5.79. The second-order valence-corrected chi connectivity index (χ2v) is 5.76. The summed E-state index contributed by atoms with van der Waals surface area (Å²) in [7, 11) is 0. The van der Waals surface area contributed by atoms with Crippen molar-refractivity contribution >= 4 is 10.9 Å². The lowest BCUT2D eigenvalue weighted by molar-refractivity contribution is 0.463. The van der Waals surface area contributed by atoms with Crippen LogP contribution < -0.4 is 5.32 Å². The molecule has 1 saturated carbocycles. The molecular formula is C17H22N2. The van der Waals surface area contributed by atoms with E-state index in [1.54, 1.807) is 0 Å². The smallest absolute Gasteiger partial charge is 0.0705 e. The predicted octanol–water partition coefficient (Wildman–Crippen LogP) is 3.93. The summed E-state index contributed by atoms with van der Waals surface area (Å²) >= 11 is 0. The molecule has 1 aliphatic carbocycles. The number of hydrogen-bond acceptors (Lipinski definition) is 2. The van der Waals surface area contributed by atoms with Crippen molar-refractivity contribution in [1.82, 2.24) is 10.3 Å². The van der Waals surface area contributed by atoms with Crippen LogP contribution in [0.3, 0.4) is 0 Å². The van der Waals surface area contributed by atoms with E-state index in [-0.39, 0.29) is 0 Å². The average molecular weight is 254 g/mol. The van der Waals surface area contributed by atoms with Gasteiger partial charge in [-0.2, -0.15) is 0 Å². The van der Waals surface area contributed by atoms with Gasteiger partial charge in [0.15, 0.2) is 0 Å². The van der Waals surface area contributed by atoms with E-state index < -0.39 is 0 Å². The fraction of sp³-hybridized carbons (Fsp3) is 0.471. The van der Waals surface area contributed by atoms with E-state index in [0.717, 1.165) is 23.9 Å². The van der Waals surface area contributed by atoms with Crippen molar-refractivity contribution < 1.29 is 0 Å². The predicted molar refractivity (Wildman–Crippen MR) is 80.0 cm³/mol. The fourth-order valence-electron chi connectivity index (χ4n) is 2.91. The van der Waals surface area contributed by atoms with Gasteiger partial charge in [0.1, 0.15) is 0 Å². The summed E-state index contributed by atoms with van der Waals surface area (Å²) in [5, 5.41) is 4.94. The van der Waals surface area contributed by atoms with Crippen LogP contribution in [0.15, 0.2) is 36.5 Å². The van der Waals surface area contributed by atoms with Gasteiger partial charge in [0.2, 0.25) is 0 Å². The van der Waals surface area contributed by atoms with E-state index in [4.69, 9.17) is 0 Å². The number of rotatable bonds is 5. The quantitative estimate of drug-likeness (QED) is 0.874. The molecule has 3 rings (SSSR count). The highest BCUT2D eigenvalue weighted by Crippen LogP contribution is 2.47. The topological polar surface area (TPSA) is 24.9 Å². The molecule has 1 heterocycles. The fourth-order valence-corrected chi connectivity index (χ4v) is 2.91. The van der Waals surface area contributed by atoms with Crippen LogP contribution in [-0.4, -0.2) is 11.5 Å². The summed E-state index contributed by atoms with van der Waals surface area (Å²) in [6.07, 6.45) is 4.41. The minimum absolute atomic E-state index is 0.501. The van der Waals surface area contributed by atoms with Gasteiger partial charge >= 0.3 is 0 Å². The van der Waals surface area contributed by atoms with Crippen molar-refractivity contribution in [1.29, 1.82) is 0 Å². The standard InChI is InChI=1S/C17H22N2/c1-3-8-19-17(15-10-12(15)2)14-7-6-13-5-4-9-18-16(13)11-14/h4-7,9,11-12,15,17,19H,3,8,10H2,1-2H3. The molecule has 0 spiro atoms. The molecule has 1 N–H and O–H groups in total. The number of benzene rings is 1. The maximum absolute atomic E-state index is 4.48. The normalized spacial score (nSPS) is 23.5. The third-order valence-corrected chi connectivity index (χ3v) is 4.20. The lowest BCUT2D eigenvalue weighted by atomic mass is 9.99. The Balaban J connectivity index is 1.90. The minimum Gasteiger partial charge on any atom is -0.310 e. The van der Waals surface area contributed by atoms with Gasteiger partial charge in [0.05, 0.1) is 5.52 Å². The summed E-state index contributed by atoms with van der Waals surface area (Å²) in [6.45, 7) is 5.67. The average Bonchev–Trinajstić information content (AvgIpc) is 3.16. The first-order valence-corrected chi connectivity index (χ1v) is 7.37. The SMILES string of the molecule is CCCNC(c1ccc2cccnc2c1)C1CC1C. The van der Waals surface area contributed by atoms with E-state index in [1.807, 2.05) is 12.3 Å². The van der Waals surface area contributed by atoms with Gasteiger partial charge in [-0.25, -0.2) is 0 Å². The molecule has 1 aromatic carbocycles. The molecule has 0 bridgehead atoms. The molecule has 2 heteroatoms. The molecule has 2 aromatic rings. The molecule has 0 saturated heterocycles. The Bertz CT molecular complexity index is 564. The van der Waals surface area contributed by atoms with E-state index in [9.17, 15) is 0 Å². The molecule has 1 aromatic heterocycles. The highest BCUT2D eigenvalue weighted by atomic mass is 14.9. The van der Waals surface area contributed by atoms with Crippen LogP contribution in [0.5, 0.6) is 0 Å². The number of nitrogens with zero attached hydrogens (tertiary/aromatic N) is 1. The number of aromatic nitrogens is 1. The van der Waals surface area contributed by atoms with Gasteiger partial charge in [-0.15, -0.1) is 0 Å². The van der Waals surface area contributed by atoms with Crippen LogP contribution in [0.2, 0.25) is 0 Å². The third kappa shape index (κ3) is 2.64. The van der Waals surface area contributed by atoms with Crippen molar-refractivity contribution in [2.45, 2.75) is 32.7 Å². The van der Waals surface area contributed by atoms with Crippen molar-refractivity contribution in [2.24, 2.45) is 11.8 Å². The Hall–Kier alpha value is -1.41. The second kappa shape index (κ2) is 5.30. The Labute approximate surface area is 115 Å². The molecule has 1 fully saturated rings. The molecule has 0 aliphatic heterocycles. The molecule has 1 aliphatic rings. The van der Waals surface area contributed by atoms with Crippen LogP contribution in [0.4, 0.5) is 0 Å². The molecule has 0 radical (unpaired) electrons. The molecule has 0 amide bonds. The van der Waals surface area contributed by atoms with Gasteiger partial charge in [-0.3, -0.25) is 4.98 Å². The Morgan fingerprint density at radius 2 is 2.21 bits per heavy atom. The van der Waals surface area contributed by atoms with Gasteiger partial charge < -0.3 is 5.32 Å². The first-order valence-electron chi connectivity index (χ1n) is 7.37. The zero-order valence-electron chi connectivity index (χ0n) is 11.8. The number of hydrogen-bond donors (Lipinski definition) is 1. The van der Waals surface area contributed by atoms with Crippen LogP contribution in [0, 0.1) is 11.8 Å². The minimum atomic E-state index is 0.501. The van der Waals surface area contributed by atoms with Gasteiger partial charge in [-0.1, -0.05) is 32.0 Å². The lowest BCUT2D eigenvalue weighted by Gasteiger charge is -2.19. The second-order valence-electron chi connectivity index (χ2n) is 5.76. The summed E-state index contributed by atoms with van der Waals surface area (Å²) in [4.78, 5) is 4.48. The molecule has 3 unspecified atom stereocenters. The van der Waals surface area contributed by atoms with Crippen molar-refractivity contribution in [3.63, 3.8) is 0 Å². The van der Waals surface area contributed by atoms with Crippen molar-refractivity contribution in [3.05, 3.63) is 42.1 Å². The first-order chi connectivity index (χ1) is 9.29. The molecule has 3 atom stereocenters. The zero-order valence-corrected chi connectivity index (χ0v) is 11.8. The van der Waals surface area contributed by atoms with Gasteiger partial charge in [0.25, 0.3) is 0 Å². The summed E-state index contributed by atoms with van der Waals surface area (Å²) in [5.74, 6) is 1.65. The van der Waals surface area contributed by atoms with Crippen LogP contribution >= 0.6 is 0 Å². The Morgan fingerprint density at radius 1 is 1.37 bits per heavy atom. The van der Waals surface area contributed by atoms with E-state index >= 15 is 0 Å². The summed E-state index contributed by atoms with van der Waals surface area (Å²) in [6, 6.07) is 11.3. The Kier molecular flexibility index (Phi) is 3.52. The van der Waals surface area contributed by atoms with Crippen LogP contribution in [0.1, 0.15) is 38.3 Å². The monoisotopic (exact) mass is 254 g/mol. The molecular weight excluding hydrogens is 232 g/mol. The van der Waals surface area contributed by atoms with Crippen molar-refractivity contribution in [2.75, 3.05) is 6.54 Å². The molecule has 100 valence electrons. The van der Waals surface area contributed by atoms with Crippen molar-refractivity contribution in [3.8, 4) is 0 Å². The maximum Gasteiger partial charge on any atom is 0.0705 e. The molecule has 2 nitrogen and oxygen atoms in total. The van der Waals surface area contributed by atoms with Crippen LogP contribution in [0.25, 0.3) is 10.9 Å². The number of nitrogens with one attached hydrogen (secondary N) is 1. The van der Waals surface area contributed by atoms with Gasteiger partial charge in [0, 0.05) is 17.6 Å². The highest BCUT2D eigenvalue weighted by Gasteiger charge is 2.39. The molecule has 19 heavy (non-hydrogen) atoms. The summed E-state index contributed by atoms with van der Waals surface area (Å²) in [5.41, 5.74) is 2.51. The number of fused-ring (bicyclic) bond motifs is 1. The third-order valence-electron chi connectivity index (χ3n) is 4.20. The lowest BCUT2D eigenvalue weighted by Crippen LogP contribution is -2.24. The van der Waals surface area contributed by atoms with Crippen LogP contribution in [-0.2, 0) is 0 Å². The first kappa shape index (κ1) is 12.6. The zero-order chi connectivity index (χ0) is 13.2. The van der Waals surface area contributed by atoms with E-state index in [0.29, 0.717) is 6.04 Å². The summed E-state index contributed by atoms with van der Waals surface area (Å²) < 4.78 is 0.